The molecule has 0 aliphatic heterocycles. The molecule has 0 saturated heterocycles. The van der Waals surface area contributed by atoms with Gasteiger partial charge in [-0.2, -0.15) is 0 Å². The van der Waals surface area contributed by atoms with E-state index in [1.807, 2.05) is 6.20 Å². The molecule has 22 heavy (non-hydrogen) atoms. The van der Waals surface area contributed by atoms with Crippen molar-refractivity contribution in [1.29, 1.82) is 0 Å². The number of nitrogens with zero attached hydrogens (tertiary/aromatic N) is 3. The fraction of sp³-hybridized carbons (Fsp3) is 0.158. The Balaban J connectivity index is 2.07. The minimum absolute atomic E-state index is 0.989. The lowest BCUT2D eigenvalue weighted by Crippen LogP contribution is -1.91. The van der Waals surface area contributed by atoms with Gasteiger partial charge in [-0.1, -0.05) is 31.2 Å². The molecule has 0 atom stereocenters. The van der Waals surface area contributed by atoms with Crippen LogP contribution in [0, 0.1) is 0 Å². The summed E-state index contributed by atoms with van der Waals surface area (Å²) in [7, 11) is 2.09. The van der Waals surface area contributed by atoms with Crippen LogP contribution in [0.1, 0.15) is 12.5 Å². The molecule has 0 spiro atoms. The Morgan fingerprint density at radius 2 is 1.86 bits per heavy atom. The average molecular weight is 287 g/mol. The largest absolute Gasteiger partial charge is 0.350 e. The number of benzene rings is 2. The van der Waals surface area contributed by atoms with Crippen LogP contribution in [0.25, 0.3) is 32.9 Å². The smallest absolute Gasteiger partial charge is 0.116 e. The van der Waals surface area contributed by atoms with Gasteiger partial charge in [0.2, 0.25) is 0 Å². The lowest BCUT2D eigenvalue weighted by Gasteiger charge is -2.10. The highest BCUT2D eigenvalue weighted by Crippen LogP contribution is 2.34. The van der Waals surface area contributed by atoms with Crippen LogP contribution in [0.4, 0.5) is 0 Å². The number of fused-ring (bicyclic) bond motifs is 3. The summed E-state index contributed by atoms with van der Waals surface area (Å²) >= 11 is 0. The predicted molar refractivity (Wildman–Crippen MR) is 90.8 cm³/mol. The van der Waals surface area contributed by atoms with Crippen LogP contribution in [0.15, 0.2) is 55.1 Å². The summed E-state index contributed by atoms with van der Waals surface area (Å²) in [5, 5.41) is 2.31. The third-order valence-corrected chi connectivity index (χ3v) is 4.32. The zero-order chi connectivity index (χ0) is 15.1. The van der Waals surface area contributed by atoms with E-state index in [1.165, 1.54) is 27.6 Å². The second-order valence-corrected chi connectivity index (χ2v) is 5.62. The first-order valence-corrected chi connectivity index (χ1v) is 7.55. The van der Waals surface area contributed by atoms with E-state index in [-0.39, 0.29) is 0 Å². The maximum atomic E-state index is 4.44. The zero-order valence-electron chi connectivity index (χ0n) is 12.7. The Kier molecular flexibility index (Phi) is 2.93. The Hall–Kier alpha value is -2.68. The zero-order valence-corrected chi connectivity index (χ0v) is 12.7. The van der Waals surface area contributed by atoms with Crippen LogP contribution in [0.3, 0.4) is 0 Å². The third-order valence-electron chi connectivity index (χ3n) is 4.32. The molecule has 2 aromatic carbocycles. The SMILES string of the molecule is CCc1ccc(-c2cc3ncncc3c3ccn(C)c23)cc1. The molecule has 2 aromatic heterocycles. The maximum Gasteiger partial charge on any atom is 0.116 e. The summed E-state index contributed by atoms with van der Waals surface area (Å²) in [6, 6.07) is 13.1. The molecule has 108 valence electrons. The number of hydrogen-bond acceptors (Lipinski definition) is 2. The molecule has 0 radical (unpaired) electrons. The highest BCUT2D eigenvalue weighted by Gasteiger charge is 2.12. The van der Waals surface area contributed by atoms with E-state index < -0.39 is 0 Å². The first-order valence-electron chi connectivity index (χ1n) is 7.55. The summed E-state index contributed by atoms with van der Waals surface area (Å²) in [6.07, 6.45) is 6.67. The monoisotopic (exact) mass is 287 g/mol. The van der Waals surface area contributed by atoms with Gasteiger partial charge < -0.3 is 4.57 Å². The molecule has 0 fully saturated rings. The standard InChI is InChI=1S/C19H17N3/c1-3-13-4-6-14(7-5-13)16-10-18-17(11-20-12-21-18)15-8-9-22(2)19(15)16/h4-12H,3H2,1-2H3. The van der Waals surface area contributed by atoms with Crippen LogP contribution in [0.5, 0.6) is 0 Å². The summed E-state index contributed by atoms with van der Waals surface area (Å²) in [6.45, 7) is 2.18. The highest BCUT2D eigenvalue weighted by atomic mass is 14.9. The van der Waals surface area contributed by atoms with Gasteiger partial charge in [0, 0.05) is 35.8 Å². The third kappa shape index (κ3) is 1.90. The van der Waals surface area contributed by atoms with Crippen LogP contribution in [0.2, 0.25) is 0 Å². The van der Waals surface area contributed by atoms with E-state index in [4.69, 9.17) is 0 Å². The summed E-state index contributed by atoms with van der Waals surface area (Å²) in [5.41, 5.74) is 6.02. The Bertz CT molecular complexity index is 965. The second kappa shape index (κ2) is 4.95. The Labute approximate surface area is 129 Å². The van der Waals surface area contributed by atoms with Crippen molar-refractivity contribution >= 4 is 21.8 Å². The van der Waals surface area contributed by atoms with Crippen molar-refractivity contribution in [2.45, 2.75) is 13.3 Å². The minimum atomic E-state index is 0.989. The fourth-order valence-corrected chi connectivity index (χ4v) is 3.09. The molecule has 3 heteroatoms. The summed E-state index contributed by atoms with van der Waals surface area (Å²) in [5.74, 6) is 0. The fourth-order valence-electron chi connectivity index (χ4n) is 3.09. The van der Waals surface area contributed by atoms with E-state index >= 15 is 0 Å². The Morgan fingerprint density at radius 3 is 2.64 bits per heavy atom. The van der Waals surface area contributed by atoms with Crippen LogP contribution in [-0.2, 0) is 13.5 Å². The second-order valence-electron chi connectivity index (χ2n) is 5.62. The van der Waals surface area contributed by atoms with Crippen LogP contribution >= 0.6 is 0 Å². The van der Waals surface area contributed by atoms with Crippen molar-refractivity contribution < 1.29 is 0 Å². The minimum Gasteiger partial charge on any atom is -0.350 e. The van der Waals surface area contributed by atoms with Gasteiger partial charge in [-0.05, 0) is 29.7 Å². The van der Waals surface area contributed by atoms with Crippen LogP contribution in [-0.4, -0.2) is 14.5 Å². The summed E-state index contributed by atoms with van der Waals surface area (Å²) in [4.78, 5) is 8.62. The van der Waals surface area contributed by atoms with Crippen molar-refractivity contribution in [1.82, 2.24) is 14.5 Å². The van der Waals surface area contributed by atoms with Crippen LogP contribution < -0.4 is 0 Å². The molecule has 0 amide bonds. The lowest BCUT2D eigenvalue weighted by atomic mass is 9.99. The van der Waals surface area contributed by atoms with Crippen molar-refractivity contribution in [3.8, 4) is 11.1 Å². The van der Waals surface area contributed by atoms with E-state index in [0.717, 1.165) is 17.3 Å². The summed E-state index contributed by atoms with van der Waals surface area (Å²) < 4.78 is 2.17. The molecule has 0 aliphatic carbocycles. The first kappa shape index (κ1) is 13.0. The normalized spacial score (nSPS) is 11.4. The van der Waals surface area contributed by atoms with Crippen molar-refractivity contribution in [2.75, 3.05) is 0 Å². The molecule has 0 aliphatic rings. The van der Waals surface area contributed by atoms with Crippen molar-refractivity contribution in [2.24, 2.45) is 7.05 Å². The Morgan fingerprint density at radius 1 is 1.05 bits per heavy atom. The predicted octanol–water partition coefficient (Wildman–Crippen LogP) is 4.35. The van der Waals surface area contributed by atoms with Gasteiger partial charge >= 0.3 is 0 Å². The molecule has 3 nitrogen and oxygen atoms in total. The molecule has 2 heterocycles. The molecule has 4 aromatic rings. The van der Waals surface area contributed by atoms with Crippen molar-refractivity contribution in [3.05, 3.63) is 60.7 Å². The van der Waals surface area contributed by atoms with Gasteiger partial charge in [0.25, 0.3) is 0 Å². The van der Waals surface area contributed by atoms with Gasteiger partial charge in [0.15, 0.2) is 0 Å². The van der Waals surface area contributed by atoms with Crippen molar-refractivity contribution in [3.63, 3.8) is 0 Å². The number of aromatic nitrogens is 3. The molecular formula is C19H17N3. The van der Waals surface area contributed by atoms with Gasteiger partial charge in [-0.15, -0.1) is 0 Å². The van der Waals surface area contributed by atoms with E-state index in [2.05, 4.69) is 71.1 Å². The molecule has 0 N–H and O–H groups in total. The molecule has 0 unspecified atom stereocenters. The van der Waals surface area contributed by atoms with E-state index in [9.17, 15) is 0 Å². The van der Waals surface area contributed by atoms with Gasteiger partial charge in [0.1, 0.15) is 6.33 Å². The maximum absolute atomic E-state index is 4.44. The van der Waals surface area contributed by atoms with Gasteiger partial charge in [0.05, 0.1) is 11.0 Å². The van der Waals surface area contributed by atoms with Gasteiger partial charge in [-0.3, -0.25) is 0 Å². The molecule has 4 rings (SSSR count). The first-order chi connectivity index (χ1) is 10.8. The lowest BCUT2D eigenvalue weighted by molar-refractivity contribution is 0.970. The number of rotatable bonds is 2. The number of hydrogen-bond donors (Lipinski definition) is 0. The molecule has 0 saturated carbocycles. The van der Waals surface area contributed by atoms with E-state index in [0.29, 0.717) is 0 Å². The topological polar surface area (TPSA) is 30.7 Å². The molecule has 0 bridgehead atoms. The average Bonchev–Trinajstić information content (AvgIpc) is 2.97. The quantitative estimate of drug-likeness (QED) is 0.548. The number of aryl methyl sites for hydroxylation is 2. The van der Waals surface area contributed by atoms with E-state index in [1.54, 1.807) is 6.33 Å². The van der Waals surface area contributed by atoms with Gasteiger partial charge in [-0.25, -0.2) is 9.97 Å². The molecular weight excluding hydrogens is 270 g/mol. The highest BCUT2D eigenvalue weighted by molar-refractivity contribution is 6.11.